The first-order valence-corrected chi connectivity index (χ1v) is 7.89. The van der Waals surface area contributed by atoms with Gasteiger partial charge >= 0.3 is 0 Å². The van der Waals surface area contributed by atoms with E-state index in [4.69, 9.17) is 16.0 Å². The molecule has 0 fully saturated rings. The summed E-state index contributed by atoms with van der Waals surface area (Å²) in [4.78, 5) is 18.5. The fourth-order valence-corrected chi connectivity index (χ4v) is 2.93. The average molecular weight is 329 g/mol. The molecule has 0 atom stereocenters. The van der Waals surface area contributed by atoms with Crippen LogP contribution in [0.3, 0.4) is 0 Å². The Kier molecular flexibility index (Phi) is 4.01. The highest BCUT2D eigenvalue weighted by Gasteiger charge is 2.16. The highest BCUT2D eigenvalue weighted by molar-refractivity contribution is 6.31. The van der Waals surface area contributed by atoms with Crippen LogP contribution in [0.2, 0.25) is 5.02 Å². The fraction of sp³-hybridized carbons (Fsp3) is 0.167. The van der Waals surface area contributed by atoms with Gasteiger partial charge in [0.05, 0.1) is 23.6 Å². The first-order chi connectivity index (χ1) is 11.1. The second-order valence-corrected chi connectivity index (χ2v) is 5.47. The second-order valence-electron chi connectivity index (χ2n) is 5.03. The Morgan fingerprint density at radius 1 is 1.09 bits per heavy atom. The first kappa shape index (κ1) is 15.4. The van der Waals surface area contributed by atoms with Crippen LogP contribution in [-0.4, -0.2) is 9.97 Å². The highest BCUT2D eigenvalue weighted by atomic mass is 35.5. The van der Waals surface area contributed by atoms with Gasteiger partial charge in [-0.2, -0.15) is 0 Å². The molecule has 3 aromatic heterocycles. The molecule has 0 spiro atoms. The van der Waals surface area contributed by atoms with Gasteiger partial charge in [-0.25, -0.2) is 0 Å². The van der Waals surface area contributed by atoms with Gasteiger partial charge in [0.1, 0.15) is 0 Å². The third-order valence-electron chi connectivity index (χ3n) is 3.77. The van der Waals surface area contributed by atoms with Crippen LogP contribution in [0.15, 0.2) is 46.0 Å². The monoisotopic (exact) mass is 328 g/mol. The number of H-pyrrole nitrogens is 2. The Morgan fingerprint density at radius 2 is 1.87 bits per heavy atom. The Balaban J connectivity index is 0.000000753. The van der Waals surface area contributed by atoms with Crippen molar-refractivity contribution < 1.29 is 4.42 Å². The Hall–Kier alpha value is -2.46. The molecule has 5 heteroatoms. The minimum Gasteiger partial charge on any atom is -0.472 e. The molecule has 0 unspecified atom stereocenters. The summed E-state index contributed by atoms with van der Waals surface area (Å²) in [5, 5.41) is 1.54. The van der Waals surface area contributed by atoms with E-state index in [2.05, 4.69) is 9.97 Å². The summed E-state index contributed by atoms with van der Waals surface area (Å²) in [6.07, 6.45) is 3.24. The van der Waals surface area contributed by atoms with E-state index >= 15 is 0 Å². The number of benzene rings is 1. The van der Waals surface area contributed by atoms with Crippen LogP contribution in [0.25, 0.3) is 33.1 Å². The number of furan rings is 1. The lowest BCUT2D eigenvalue weighted by Gasteiger charge is -2.04. The SMILES string of the molecule is CC.Cc1c(-c2ccoc2)c2[nH]c3ccc(Cl)cc3c2[nH]c1=O. The van der Waals surface area contributed by atoms with Crippen molar-refractivity contribution in [2.24, 2.45) is 0 Å². The molecule has 0 saturated carbocycles. The average Bonchev–Trinajstić information content (AvgIpc) is 3.19. The second kappa shape index (κ2) is 5.97. The summed E-state index contributed by atoms with van der Waals surface area (Å²) >= 11 is 6.07. The van der Waals surface area contributed by atoms with E-state index in [1.165, 1.54) is 0 Å². The van der Waals surface area contributed by atoms with Crippen molar-refractivity contribution in [2.45, 2.75) is 20.8 Å². The van der Waals surface area contributed by atoms with E-state index in [1.54, 1.807) is 19.5 Å². The number of pyridine rings is 1. The van der Waals surface area contributed by atoms with E-state index in [-0.39, 0.29) is 5.56 Å². The zero-order valence-electron chi connectivity index (χ0n) is 13.2. The number of hydrogen-bond acceptors (Lipinski definition) is 2. The third kappa shape index (κ3) is 2.45. The van der Waals surface area contributed by atoms with Crippen molar-refractivity contribution in [2.75, 3.05) is 0 Å². The maximum Gasteiger partial charge on any atom is 0.252 e. The standard InChI is InChI=1S/C16H11ClN2O2.C2H6/c1-8-13(9-4-5-21-7-9)15-14(19-16(8)20)11-6-10(17)2-3-12(11)18-15;1-2/h2-7,18H,1H3,(H,19,20);1-2H3. The van der Waals surface area contributed by atoms with Gasteiger partial charge in [-0.3, -0.25) is 4.79 Å². The van der Waals surface area contributed by atoms with E-state index in [9.17, 15) is 4.79 Å². The van der Waals surface area contributed by atoms with E-state index < -0.39 is 0 Å². The predicted octanol–water partition coefficient (Wildman–Crippen LogP) is 5.26. The van der Waals surface area contributed by atoms with Gasteiger partial charge in [0.25, 0.3) is 5.56 Å². The number of nitrogens with one attached hydrogen (secondary N) is 2. The third-order valence-corrected chi connectivity index (χ3v) is 4.01. The molecule has 2 N–H and O–H groups in total. The summed E-state index contributed by atoms with van der Waals surface area (Å²) < 4.78 is 5.16. The summed E-state index contributed by atoms with van der Waals surface area (Å²) in [5.74, 6) is 0. The highest BCUT2D eigenvalue weighted by Crippen LogP contribution is 2.33. The maximum absolute atomic E-state index is 12.2. The molecular formula is C18H17ClN2O2. The number of hydrogen-bond donors (Lipinski definition) is 2. The molecule has 0 aliphatic heterocycles. The lowest BCUT2D eigenvalue weighted by atomic mass is 10.0. The van der Waals surface area contributed by atoms with Crippen LogP contribution in [0.1, 0.15) is 19.4 Å². The summed E-state index contributed by atoms with van der Waals surface area (Å²) in [6, 6.07) is 7.42. The van der Waals surface area contributed by atoms with Gasteiger partial charge < -0.3 is 14.4 Å². The van der Waals surface area contributed by atoms with Crippen LogP contribution >= 0.6 is 11.6 Å². The first-order valence-electron chi connectivity index (χ1n) is 7.51. The molecule has 1 aromatic carbocycles. The normalized spacial score (nSPS) is 10.8. The molecule has 4 nitrogen and oxygen atoms in total. The van der Waals surface area contributed by atoms with Gasteiger partial charge in [0.15, 0.2) is 0 Å². The van der Waals surface area contributed by atoms with Gasteiger partial charge in [-0.15, -0.1) is 0 Å². The smallest absolute Gasteiger partial charge is 0.252 e. The van der Waals surface area contributed by atoms with Crippen molar-refractivity contribution >= 4 is 33.5 Å². The molecule has 0 bridgehead atoms. The van der Waals surface area contributed by atoms with Gasteiger partial charge in [0, 0.05) is 32.6 Å². The number of fused-ring (bicyclic) bond motifs is 3. The molecule has 4 rings (SSSR count). The van der Waals surface area contributed by atoms with Crippen molar-refractivity contribution in [3.05, 3.63) is 57.7 Å². The topological polar surface area (TPSA) is 61.8 Å². The molecule has 118 valence electrons. The minimum absolute atomic E-state index is 0.112. The minimum atomic E-state index is -0.112. The van der Waals surface area contributed by atoms with Gasteiger partial charge in [-0.1, -0.05) is 25.4 Å². The van der Waals surface area contributed by atoms with Crippen LogP contribution in [-0.2, 0) is 0 Å². The number of aromatic amines is 2. The van der Waals surface area contributed by atoms with Gasteiger partial charge in [0.2, 0.25) is 0 Å². The molecule has 0 radical (unpaired) electrons. The zero-order valence-corrected chi connectivity index (χ0v) is 13.9. The quantitative estimate of drug-likeness (QED) is 0.500. The molecule has 0 saturated heterocycles. The number of rotatable bonds is 1. The molecular weight excluding hydrogens is 312 g/mol. The fourth-order valence-electron chi connectivity index (χ4n) is 2.76. The Labute approximate surface area is 138 Å². The Morgan fingerprint density at radius 3 is 2.57 bits per heavy atom. The maximum atomic E-state index is 12.2. The summed E-state index contributed by atoms with van der Waals surface area (Å²) in [5.41, 5.74) is 4.85. The number of halogens is 1. The largest absolute Gasteiger partial charge is 0.472 e. The molecule has 4 aromatic rings. The van der Waals surface area contributed by atoms with Crippen LogP contribution in [0.4, 0.5) is 0 Å². The molecule has 0 aliphatic carbocycles. The van der Waals surface area contributed by atoms with Crippen molar-refractivity contribution in [3.63, 3.8) is 0 Å². The predicted molar refractivity (Wildman–Crippen MR) is 95.2 cm³/mol. The van der Waals surface area contributed by atoms with Crippen molar-refractivity contribution in [3.8, 4) is 11.1 Å². The van der Waals surface area contributed by atoms with Crippen molar-refractivity contribution in [1.82, 2.24) is 9.97 Å². The van der Waals surface area contributed by atoms with Crippen LogP contribution in [0.5, 0.6) is 0 Å². The Bertz CT molecular complexity index is 1030. The number of aromatic nitrogens is 2. The van der Waals surface area contributed by atoms with E-state index in [0.717, 1.165) is 33.1 Å². The van der Waals surface area contributed by atoms with E-state index in [0.29, 0.717) is 10.6 Å². The molecule has 0 aliphatic rings. The molecule has 23 heavy (non-hydrogen) atoms. The summed E-state index contributed by atoms with van der Waals surface area (Å²) in [6.45, 7) is 5.80. The van der Waals surface area contributed by atoms with Crippen molar-refractivity contribution in [1.29, 1.82) is 0 Å². The zero-order chi connectivity index (χ0) is 16.6. The van der Waals surface area contributed by atoms with Crippen LogP contribution in [0, 0.1) is 6.92 Å². The lowest BCUT2D eigenvalue weighted by Crippen LogP contribution is -2.10. The van der Waals surface area contributed by atoms with Gasteiger partial charge in [-0.05, 0) is 31.2 Å². The van der Waals surface area contributed by atoms with E-state index in [1.807, 2.05) is 38.1 Å². The summed E-state index contributed by atoms with van der Waals surface area (Å²) in [7, 11) is 0. The molecule has 3 heterocycles. The molecule has 0 amide bonds. The lowest BCUT2D eigenvalue weighted by molar-refractivity contribution is 0.568. The van der Waals surface area contributed by atoms with Crippen LogP contribution < -0.4 is 5.56 Å².